The largest absolute Gasteiger partial charge is 0.314 e. The average molecular weight is 273 g/mol. The zero-order valence-electron chi connectivity index (χ0n) is 14.1. The lowest BCUT2D eigenvalue weighted by Crippen LogP contribution is -2.58. The molecule has 0 aliphatic heterocycles. The van der Waals surface area contributed by atoms with Crippen molar-refractivity contribution in [1.29, 1.82) is 0 Å². The molecule has 1 aliphatic rings. The Morgan fingerprint density at radius 3 is 2.05 bits per heavy atom. The van der Waals surface area contributed by atoms with Crippen LogP contribution in [0.4, 0.5) is 0 Å². The van der Waals surface area contributed by atoms with Crippen LogP contribution in [-0.2, 0) is 0 Å². The number of nitrogens with one attached hydrogen (secondary N) is 1. The second-order valence-electron chi connectivity index (χ2n) is 6.65. The van der Waals surface area contributed by atoms with E-state index in [-0.39, 0.29) is 0 Å². The number of benzene rings is 1. The molecule has 1 fully saturated rings. The highest BCUT2D eigenvalue weighted by molar-refractivity contribution is 5.43. The first-order chi connectivity index (χ1) is 9.50. The molecule has 1 aromatic carbocycles. The van der Waals surface area contributed by atoms with E-state index in [2.05, 4.69) is 59.0 Å². The van der Waals surface area contributed by atoms with E-state index in [4.69, 9.17) is 0 Å². The molecule has 1 N–H and O–H groups in total. The molecule has 0 saturated heterocycles. The minimum absolute atomic E-state index is 0.459. The Morgan fingerprint density at radius 2 is 1.60 bits per heavy atom. The van der Waals surface area contributed by atoms with E-state index in [0.717, 1.165) is 12.5 Å². The van der Waals surface area contributed by atoms with Crippen molar-refractivity contribution in [3.8, 4) is 0 Å². The van der Waals surface area contributed by atoms with Crippen LogP contribution in [0.15, 0.2) is 12.1 Å². The molecule has 1 aromatic rings. The van der Waals surface area contributed by atoms with Gasteiger partial charge >= 0.3 is 0 Å². The Morgan fingerprint density at radius 1 is 1.05 bits per heavy atom. The fourth-order valence-corrected chi connectivity index (χ4v) is 4.70. The zero-order chi connectivity index (χ0) is 14.9. The molecule has 2 rings (SSSR count). The third-order valence-corrected chi connectivity index (χ3v) is 5.71. The summed E-state index contributed by atoms with van der Waals surface area (Å²) in [6.45, 7) is 14.9. The van der Waals surface area contributed by atoms with Gasteiger partial charge in [-0.1, -0.05) is 38.5 Å². The predicted octanol–water partition coefficient (Wildman–Crippen LogP) is 4.88. The summed E-state index contributed by atoms with van der Waals surface area (Å²) in [7, 11) is 0. The van der Waals surface area contributed by atoms with Crippen molar-refractivity contribution >= 4 is 0 Å². The molecule has 0 radical (unpaired) electrons. The van der Waals surface area contributed by atoms with Crippen LogP contribution in [0.2, 0.25) is 0 Å². The van der Waals surface area contributed by atoms with E-state index in [9.17, 15) is 0 Å². The van der Waals surface area contributed by atoms with E-state index < -0.39 is 0 Å². The Kier molecular flexibility index (Phi) is 4.59. The molecule has 0 heterocycles. The van der Waals surface area contributed by atoms with Crippen molar-refractivity contribution in [2.45, 2.75) is 72.8 Å². The zero-order valence-corrected chi connectivity index (χ0v) is 14.1. The molecule has 2 unspecified atom stereocenters. The van der Waals surface area contributed by atoms with Gasteiger partial charge in [0.2, 0.25) is 0 Å². The smallest absolute Gasteiger partial charge is 0.0135 e. The SMILES string of the molecule is CCNC1CC(c2c(C)cc(C)cc2C)C1(CC)CC. The van der Waals surface area contributed by atoms with Crippen LogP contribution >= 0.6 is 0 Å². The molecule has 0 spiro atoms. The number of hydrogen-bond donors (Lipinski definition) is 1. The van der Waals surface area contributed by atoms with Crippen LogP contribution in [0.1, 0.15) is 68.2 Å². The van der Waals surface area contributed by atoms with E-state index in [1.54, 1.807) is 5.56 Å². The highest BCUT2D eigenvalue weighted by atomic mass is 15.0. The molecule has 1 heteroatoms. The van der Waals surface area contributed by atoms with E-state index >= 15 is 0 Å². The molecule has 20 heavy (non-hydrogen) atoms. The highest BCUT2D eigenvalue weighted by Crippen LogP contribution is 2.58. The lowest BCUT2D eigenvalue weighted by Gasteiger charge is -2.57. The molecule has 112 valence electrons. The quantitative estimate of drug-likeness (QED) is 0.806. The molecule has 1 saturated carbocycles. The van der Waals surface area contributed by atoms with Gasteiger partial charge in [-0.2, -0.15) is 0 Å². The maximum absolute atomic E-state index is 3.72. The topological polar surface area (TPSA) is 12.0 Å². The number of aryl methyl sites for hydroxylation is 3. The van der Waals surface area contributed by atoms with Crippen molar-refractivity contribution in [2.24, 2.45) is 5.41 Å². The fraction of sp³-hybridized carbons (Fsp3) is 0.684. The van der Waals surface area contributed by atoms with Crippen molar-refractivity contribution in [3.63, 3.8) is 0 Å². The van der Waals surface area contributed by atoms with Crippen LogP contribution < -0.4 is 5.32 Å². The van der Waals surface area contributed by atoms with Crippen LogP contribution in [0.25, 0.3) is 0 Å². The summed E-state index contributed by atoms with van der Waals surface area (Å²) in [4.78, 5) is 0. The van der Waals surface area contributed by atoms with Gasteiger partial charge in [0.05, 0.1) is 0 Å². The first-order valence-electron chi connectivity index (χ1n) is 8.31. The first-order valence-corrected chi connectivity index (χ1v) is 8.31. The van der Waals surface area contributed by atoms with Gasteiger partial charge in [0.1, 0.15) is 0 Å². The number of rotatable bonds is 5. The van der Waals surface area contributed by atoms with Crippen LogP contribution in [0.3, 0.4) is 0 Å². The van der Waals surface area contributed by atoms with Crippen LogP contribution in [-0.4, -0.2) is 12.6 Å². The highest BCUT2D eigenvalue weighted by Gasteiger charge is 2.53. The van der Waals surface area contributed by atoms with Crippen molar-refractivity contribution in [3.05, 3.63) is 34.4 Å². The normalized spacial score (nSPS) is 24.5. The van der Waals surface area contributed by atoms with Gasteiger partial charge in [-0.3, -0.25) is 0 Å². The van der Waals surface area contributed by atoms with Crippen molar-refractivity contribution in [2.75, 3.05) is 6.54 Å². The van der Waals surface area contributed by atoms with E-state index in [1.807, 2.05) is 0 Å². The summed E-state index contributed by atoms with van der Waals surface area (Å²) in [5.74, 6) is 0.738. The van der Waals surface area contributed by atoms with Crippen molar-refractivity contribution < 1.29 is 0 Å². The van der Waals surface area contributed by atoms with Gasteiger partial charge in [-0.15, -0.1) is 0 Å². The van der Waals surface area contributed by atoms with E-state index in [0.29, 0.717) is 11.5 Å². The van der Waals surface area contributed by atoms with Crippen LogP contribution in [0, 0.1) is 26.2 Å². The molecular weight excluding hydrogens is 242 g/mol. The predicted molar refractivity (Wildman–Crippen MR) is 88.5 cm³/mol. The van der Waals surface area contributed by atoms with E-state index in [1.165, 1.54) is 36.0 Å². The second kappa shape index (κ2) is 5.89. The molecule has 0 bridgehead atoms. The lowest BCUT2D eigenvalue weighted by molar-refractivity contribution is 0.0204. The molecule has 0 amide bonds. The Hall–Kier alpha value is -0.820. The third kappa shape index (κ3) is 2.30. The third-order valence-electron chi connectivity index (χ3n) is 5.71. The summed E-state index contributed by atoms with van der Waals surface area (Å²) in [5, 5.41) is 3.72. The Balaban J connectivity index is 2.39. The van der Waals surface area contributed by atoms with Gasteiger partial charge < -0.3 is 5.32 Å². The molecular formula is C19H31N. The molecule has 1 aliphatic carbocycles. The van der Waals surface area contributed by atoms with Gasteiger partial charge in [-0.25, -0.2) is 0 Å². The van der Waals surface area contributed by atoms with Gasteiger partial charge in [0, 0.05) is 6.04 Å². The summed E-state index contributed by atoms with van der Waals surface area (Å²) >= 11 is 0. The Bertz CT molecular complexity index is 448. The molecule has 2 atom stereocenters. The molecule has 0 aromatic heterocycles. The van der Waals surface area contributed by atoms with Gasteiger partial charge in [0.25, 0.3) is 0 Å². The maximum Gasteiger partial charge on any atom is 0.0135 e. The van der Waals surface area contributed by atoms with Gasteiger partial charge in [0.15, 0.2) is 0 Å². The summed E-state index contributed by atoms with van der Waals surface area (Å²) in [6.07, 6.45) is 3.86. The minimum atomic E-state index is 0.459. The first kappa shape index (κ1) is 15.6. The number of hydrogen-bond acceptors (Lipinski definition) is 1. The van der Waals surface area contributed by atoms with Crippen molar-refractivity contribution in [1.82, 2.24) is 5.32 Å². The fourth-order valence-electron chi connectivity index (χ4n) is 4.70. The summed E-state index contributed by atoms with van der Waals surface area (Å²) in [6, 6.07) is 5.42. The molecule has 1 nitrogen and oxygen atoms in total. The van der Waals surface area contributed by atoms with Crippen LogP contribution in [0.5, 0.6) is 0 Å². The summed E-state index contributed by atoms with van der Waals surface area (Å²) < 4.78 is 0. The average Bonchev–Trinajstić information content (AvgIpc) is 2.37. The standard InChI is InChI=1S/C19H31N/c1-7-19(8-2)16(12-17(19)20-9-3)18-14(5)10-13(4)11-15(18)6/h10-11,16-17,20H,7-9,12H2,1-6H3. The maximum atomic E-state index is 3.72. The lowest BCUT2D eigenvalue weighted by atomic mass is 9.51. The monoisotopic (exact) mass is 273 g/mol. The summed E-state index contributed by atoms with van der Waals surface area (Å²) in [5.41, 5.74) is 6.47. The second-order valence-corrected chi connectivity index (χ2v) is 6.65. The minimum Gasteiger partial charge on any atom is -0.314 e. The Labute approximate surface area is 125 Å². The van der Waals surface area contributed by atoms with Gasteiger partial charge in [-0.05, 0) is 74.6 Å².